The Morgan fingerprint density at radius 2 is 2.27 bits per heavy atom. The molecule has 15 heavy (non-hydrogen) atoms. The number of nitrogens with zero attached hydrogens (tertiary/aromatic N) is 1. The highest BCUT2D eigenvalue weighted by molar-refractivity contribution is 5.93. The van der Waals surface area contributed by atoms with Crippen molar-refractivity contribution in [1.82, 2.24) is 0 Å². The third kappa shape index (κ3) is 2.08. The van der Waals surface area contributed by atoms with Crippen molar-refractivity contribution in [3.05, 3.63) is 28.8 Å². The Bertz CT molecular complexity index is 432. The highest BCUT2D eigenvalue weighted by atomic mass is 16.5. The van der Waals surface area contributed by atoms with Crippen molar-refractivity contribution in [3.8, 4) is 11.8 Å². The molecule has 0 aliphatic heterocycles. The molecule has 0 unspecified atom stereocenters. The van der Waals surface area contributed by atoms with Crippen LogP contribution in [0.2, 0.25) is 0 Å². The number of aromatic hydroxyl groups is 1. The molecule has 1 N–H and O–H groups in total. The average Bonchev–Trinajstić information content (AvgIpc) is 2.28. The zero-order valence-electron chi connectivity index (χ0n) is 8.57. The fourth-order valence-electron chi connectivity index (χ4n) is 1.25. The van der Waals surface area contributed by atoms with Gasteiger partial charge in [0.1, 0.15) is 17.4 Å². The van der Waals surface area contributed by atoms with Gasteiger partial charge >= 0.3 is 5.97 Å². The number of carbonyl (C=O) groups is 1. The number of nitriles is 1. The lowest BCUT2D eigenvalue weighted by atomic mass is 10.0. The summed E-state index contributed by atoms with van der Waals surface area (Å²) in [6.07, 6.45) is 0.680. The molecule has 4 nitrogen and oxygen atoms in total. The minimum atomic E-state index is -0.640. The normalized spacial score (nSPS) is 9.40. The first-order chi connectivity index (χ1) is 7.13. The maximum Gasteiger partial charge on any atom is 0.341 e. The zero-order valence-corrected chi connectivity index (χ0v) is 8.57. The number of phenolic OH excluding ortho intramolecular Hbond substituents is 1. The molecule has 0 spiro atoms. The molecular weight excluding hydrogens is 194 g/mol. The van der Waals surface area contributed by atoms with Crippen LogP contribution in [0.15, 0.2) is 12.1 Å². The molecule has 1 aromatic rings. The molecular formula is C11H11NO3. The summed E-state index contributed by atoms with van der Waals surface area (Å²) in [6.45, 7) is 1.90. The Balaban J connectivity index is 3.38. The molecule has 0 fully saturated rings. The fourth-order valence-corrected chi connectivity index (χ4v) is 1.25. The molecule has 4 heteroatoms. The molecule has 0 bridgehead atoms. The molecule has 0 heterocycles. The van der Waals surface area contributed by atoms with Crippen LogP contribution in [-0.2, 0) is 11.2 Å². The van der Waals surface area contributed by atoms with Crippen molar-refractivity contribution in [2.45, 2.75) is 13.3 Å². The highest BCUT2D eigenvalue weighted by Crippen LogP contribution is 2.24. The summed E-state index contributed by atoms with van der Waals surface area (Å²) >= 11 is 0. The van der Waals surface area contributed by atoms with E-state index in [1.165, 1.54) is 13.2 Å². The van der Waals surface area contributed by atoms with Gasteiger partial charge in [-0.25, -0.2) is 4.79 Å². The Labute approximate surface area is 87.7 Å². The molecule has 0 amide bonds. The molecule has 0 saturated carbocycles. The third-order valence-corrected chi connectivity index (χ3v) is 2.10. The van der Waals surface area contributed by atoms with Gasteiger partial charge in [0.2, 0.25) is 0 Å². The number of rotatable bonds is 2. The number of ether oxygens (including phenoxy) is 1. The lowest BCUT2D eigenvalue weighted by Gasteiger charge is -2.06. The molecule has 1 rings (SSSR count). The summed E-state index contributed by atoms with van der Waals surface area (Å²) in [5.74, 6) is -0.958. The van der Waals surface area contributed by atoms with E-state index in [1.807, 2.05) is 13.0 Å². The first-order valence-corrected chi connectivity index (χ1v) is 4.48. The van der Waals surface area contributed by atoms with Gasteiger partial charge in [-0.1, -0.05) is 6.92 Å². The van der Waals surface area contributed by atoms with E-state index in [0.717, 1.165) is 5.56 Å². The minimum Gasteiger partial charge on any atom is -0.506 e. The zero-order chi connectivity index (χ0) is 11.4. The predicted octanol–water partition coefficient (Wildman–Crippen LogP) is 1.61. The number of esters is 1. The number of hydrogen-bond acceptors (Lipinski definition) is 4. The maximum atomic E-state index is 11.3. The van der Waals surface area contributed by atoms with Crippen LogP contribution < -0.4 is 0 Å². The van der Waals surface area contributed by atoms with E-state index < -0.39 is 5.97 Å². The lowest BCUT2D eigenvalue weighted by molar-refractivity contribution is 0.0597. The van der Waals surface area contributed by atoms with E-state index in [0.29, 0.717) is 6.42 Å². The molecule has 78 valence electrons. The summed E-state index contributed by atoms with van der Waals surface area (Å²) in [4.78, 5) is 11.3. The molecule has 0 aliphatic rings. The fraction of sp³-hybridized carbons (Fsp3) is 0.273. The van der Waals surface area contributed by atoms with Crippen LogP contribution in [0.4, 0.5) is 0 Å². The van der Waals surface area contributed by atoms with Gasteiger partial charge in [-0.05, 0) is 24.1 Å². The Morgan fingerprint density at radius 1 is 1.60 bits per heavy atom. The van der Waals surface area contributed by atoms with Crippen molar-refractivity contribution >= 4 is 5.97 Å². The molecule has 0 atom stereocenters. The van der Waals surface area contributed by atoms with Gasteiger partial charge in [0.15, 0.2) is 0 Å². The Hall–Kier alpha value is -2.02. The monoisotopic (exact) mass is 205 g/mol. The Morgan fingerprint density at radius 3 is 2.73 bits per heavy atom. The summed E-state index contributed by atoms with van der Waals surface area (Å²) in [7, 11) is 1.23. The number of hydrogen-bond donors (Lipinski definition) is 1. The molecule has 0 aliphatic carbocycles. The molecule has 0 radical (unpaired) electrons. The van der Waals surface area contributed by atoms with Crippen molar-refractivity contribution in [3.63, 3.8) is 0 Å². The molecule has 1 aromatic carbocycles. The van der Waals surface area contributed by atoms with E-state index in [-0.39, 0.29) is 16.9 Å². The second kappa shape index (κ2) is 4.47. The SMILES string of the molecule is CCc1cc(C#N)c(O)c(C(=O)OC)c1. The van der Waals surface area contributed by atoms with Crippen LogP contribution >= 0.6 is 0 Å². The van der Waals surface area contributed by atoms with Crippen molar-refractivity contribution < 1.29 is 14.6 Å². The van der Waals surface area contributed by atoms with E-state index in [2.05, 4.69) is 4.74 Å². The van der Waals surface area contributed by atoms with E-state index in [9.17, 15) is 9.90 Å². The van der Waals surface area contributed by atoms with Gasteiger partial charge in [-0.3, -0.25) is 0 Å². The topological polar surface area (TPSA) is 70.3 Å². The standard InChI is InChI=1S/C11H11NO3/c1-3-7-4-8(6-12)10(13)9(5-7)11(14)15-2/h4-5,13H,3H2,1-2H3. The van der Waals surface area contributed by atoms with Crippen LogP contribution in [0.5, 0.6) is 5.75 Å². The summed E-state index contributed by atoms with van der Waals surface area (Å²) in [6, 6.07) is 4.92. The molecule has 0 saturated heterocycles. The van der Waals surface area contributed by atoms with Gasteiger partial charge in [0.25, 0.3) is 0 Å². The van der Waals surface area contributed by atoms with Crippen molar-refractivity contribution in [1.29, 1.82) is 5.26 Å². The number of phenols is 1. The lowest BCUT2D eigenvalue weighted by Crippen LogP contribution is -2.03. The number of aryl methyl sites for hydroxylation is 1. The number of carbonyl (C=O) groups excluding carboxylic acids is 1. The average molecular weight is 205 g/mol. The summed E-state index contributed by atoms with van der Waals surface area (Å²) in [5.41, 5.74) is 0.938. The Kier molecular flexibility index (Phi) is 3.29. The smallest absolute Gasteiger partial charge is 0.341 e. The third-order valence-electron chi connectivity index (χ3n) is 2.10. The minimum absolute atomic E-state index is 0.0356. The first kappa shape index (κ1) is 11.1. The van der Waals surface area contributed by atoms with Gasteiger partial charge in [-0.15, -0.1) is 0 Å². The predicted molar refractivity (Wildman–Crippen MR) is 53.5 cm³/mol. The van der Waals surface area contributed by atoms with Crippen LogP contribution in [0.25, 0.3) is 0 Å². The second-order valence-corrected chi connectivity index (χ2v) is 3.00. The highest BCUT2D eigenvalue weighted by Gasteiger charge is 2.16. The first-order valence-electron chi connectivity index (χ1n) is 4.48. The second-order valence-electron chi connectivity index (χ2n) is 3.00. The van der Waals surface area contributed by atoms with Gasteiger partial charge in [-0.2, -0.15) is 5.26 Å². The van der Waals surface area contributed by atoms with E-state index >= 15 is 0 Å². The quantitative estimate of drug-likeness (QED) is 0.744. The van der Waals surface area contributed by atoms with Crippen LogP contribution in [-0.4, -0.2) is 18.2 Å². The van der Waals surface area contributed by atoms with Crippen LogP contribution in [0.3, 0.4) is 0 Å². The largest absolute Gasteiger partial charge is 0.506 e. The van der Waals surface area contributed by atoms with E-state index in [4.69, 9.17) is 5.26 Å². The number of methoxy groups -OCH3 is 1. The van der Waals surface area contributed by atoms with Crippen molar-refractivity contribution in [2.75, 3.05) is 7.11 Å². The molecule has 0 aromatic heterocycles. The summed E-state index contributed by atoms with van der Waals surface area (Å²) < 4.78 is 4.51. The van der Waals surface area contributed by atoms with Gasteiger partial charge in [0, 0.05) is 0 Å². The van der Waals surface area contributed by atoms with Gasteiger partial charge in [0.05, 0.1) is 12.7 Å². The maximum absolute atomic E-state index is 11.3. The van der Waals surface area contributed by atoms with Crippen LogP contribution in [0, 0.1) is 11.3 Å². The van der Waals surface area contributed by atoms with Crippen molar-refractivity contribution in [2.24, 2.45) is 0 Å². The van der Waals surface area contributed by atoms with Crippen LogP contribution in [0.1, 0.15) is 28.4 Å². The number of benzene rings is 1. The summed E-state index contributed by atoms with van der Waals surface area (Å²) in [5, 5.41) is 18.3. The van der Waals surface area contributed by atoms with E-state index in [1.54, 1.807) is 6.07 Å². The van der Waals surface area contributed by atoms with Gasteiger partial charge < -0.3 is 9.84 Å².